The molecule has 0 unspecified atom stereocenters. The summed E-state index contributed by atoms with van der Waals surface area (Å²) < 4.78 is 1.45. The number of halogens is 2. The monoisotopic (exact) mass is 361 g/mol. The highest BCUT2D eigenvalue weighted by Gasteiger charge is 2.18. The van der Waals surface area contributed by atoms with Crippen molar-refractivity contribution in [3.05, 3.63) is 70.0 Å². The summed E-state index contributed by atoms with van der Waals surface area (Å²) in [5, 5.41) is 12.1. The highest BCUT2D eigenvalue weighted by atomic mass is 35.5. The number of nitrogens with zero attached hydrogens (tertiary/aromatic N) is 5. The second-order valence-corrected chi connectivity index (χ2v) is 6.01. The van der Waals surface area contributed by atoms with Crippen LogP contribution < -0.4 is 0 Å². The van der Waals surface area contributed by atoms with Gasteiger partial charge in [0.1, 0.15) is 6.33 Å². The van der Waals surface area contributed by atoms with Gasteiger partial charge in [0.25, 0.3) is 5.91 Å². The van der Waals surface area contributed by atoms with Gasteiger partial charge in [-0.25, -0.2) is 0 Å². The Labute approximate surface area is 148 Å². The highest BCUT2D eigenvalue weighted by Crippen LogP contribution is 2.23. The molecule has 1 heterocycles. The average Bonchev–Trinajstić information content (AvgIpc) is 3.11. The maximum Gasteiger partial charge on any atom is 0.256 e. The van der Waals surface area contributed by atoms with Crippen molar-refractivity contribution in [1.82, 2.24) is 25.1 Å². The molecular weight excluding hydrogens is 349 g/mol. The number of tetrazole rings is 1. The van der Waals surface area contributed by atoms with Crippen LogP contribution >= 0.6 is 23.2 Å². The van der Waals surface area contributed by atoms with Crippen LogP contribution in [0.3, 0.4) is 0 Å². The van der Waals surface area contributed by atoms with Gasteiger partial charge in [-0.1, -0.05) is 41.4 Å². The third kappa shape index (κ3) is 3.39. The van der Waals surface area contributed by atoms with Gasteiger partial charge < -0.3 is 4.90 Å². The Morgan fingerprint density at radius 3 is 2.71 bits per heavy atom. The first-order chi connectivity index (χ1) is 11.6. The summed E-state index contributed by atoms with van der Waals surface area (Å²) in [5.41, 5.74) is 1.93. The quantitative estimate of drug-likeness (QED) is 0.715. The number of rotatable bonds is 4. The molecule has 0 atom stereocenters. The Bertz CT molecular complexity index is 867. The largest absolute Gasteiger partial charge is 0.337 e. The molecule has 122 valence electrons. The molecule has 0 saturated carbocycles. The van der Waals surface area contributed by atoms with Gasteiger partial charge in [0.15, 0.2) is 0 Å². The topological polar surface area (TPSA) is 63.9 Å². The Balaban J connectivity index is 1.87. The van der Waals surface area contributed by atoms with Gasteiger partial charge in [-0.3, -0.25) is 4.79 Å². The molecule has 1 aromatic heterocycles. The fourth-order valence-corrected chi connectivity index (χ4v) is 2.78. The first-order valence-electron chi connectivity index (χ1n) is 7.08. The van der Waals surface area contributed by atoms with Crippen LogP contribution in [-0.4, -0.2) is 38.1 Å². The van der Waals surface area contributed by atoms with E-state index in [1.54, 1.807) is 42.3 Å². The molecule has 0 aliphatic carbocycles. The van der Waals surface area contributed by atoms with E-state index in [1.165, 1.54) is 11.0 Å². The first kappa shape index (κ1) is 16.4. The van der Waals surface area contributed by atoms with Crippen LogP contribution in [0, 0.1) is 0 Å². The average molecular weight is 362 g/mol. The lowest BCUT2D eigenvalue weighted by Crippen LogP contribution is -2.27. The molecule has 0 saturated heterocycles. The molecule has 0 radical (unpaired) electrons. The zero-order chi connectivity index (χ0) is 17.1. The number of amides is 1. The molecule has 0 bridgehead atoms. The van der Waals surface area contributed by atoms with Gasteiger partial charge in [0.05, 0.1) is 11.3 Å². The summed E-state index contributed by atoms with van der Waals surface area (Å²) in [7, 11) is 1.71. The zero-order valence-corrected chi connectivity index (χ0v) is 14.2. The van der Waals surface area contributed by atoms with Crippen LogP contribution in [0.25, 0.3) is 5.69 Å². The predicted molar refractivity (Wildman–Crippen MR) is 91.4 cm³/mol. The van der Waals surface area contributed by atoms with Crippen molar-refractivity contribution in [2.45, 2.75) is 6.54 Å². The Morgan fingerprint density at radius 2 is 2.00 bits per heavy atom. The number of hydrogen-bond acceptors (Lipinski definition) is 4. The van der Waals surface area contributed by atoms with Gasteiger partial charge in [0.2, 0.25) is 0 Å². The molecule has 0 aliphatic heterocycles. The van der Waals surface area contributed by atoms with Gasteiger partial charge >= 0.3 is 0 Å². The van der Waals surface area contributed by atoms with Crippen molar-refractivity contribution in [2.75, 3.05) is 7.05 Å². The van der Waals surface area contributed by atoms with Crippen molar-refractivity contribution in [1.29, 1.82) is 0 Å². The van der Waals surface area contributed by atoms with E-state index in [0.29, 0.717) is 27.8 Å². The van der Waals surface area contributed by atoms with Crippen molar-refractivity contribution in [3.63, 3.8) is 0 Å². The smallest absolute Gasteiger partial charge is 0.256 e. The van der Waals surface area contributed by atoms with E-state index in [0.717, 1.165) is 5.56 Å². The van der Waals surface area contributed by atoms with E-state index in [9.17, 15) is 4.79 Å². The third-order valence-electron chi connectivity index (χ3n) is 3.50. The number of carbonyl (C=O) groups is 1. The summed E-state index contributed by atoms with van der Waals surface area (Å²) in [6.45, 7) is 0.360. The van der Waals surface area contributed by atoms with E-state index in [2.05, 4.69) is 15.5 Å². The fourth-order valence-electron chi connectivity index (χ4n) is 2.31. The second kappa shape index (κ2) is 6.98. The fraction of sp³-hybridized carbons (Fsp3) is 0.125. The third-order valence-corrected chi connectivity index (χ3v) is 4.09. The standard InChI is InChI=1S/C16H13Cl2N5O/c1-22(9-11-6-7-12(17)8-14(11)18)16(24)13-4-2-3-5-15(13)23-10-19-20-21-23/h2-8,10H,9H2,1H3. The van der Waals surface area contributed by atoms with Crippen LogP contribution in [0.5, 0.6) is 0 Å². The van der Waals surface area contributed by atoms with Gasteiger partial charge in [0, 0.05) is 23.6 Å². The number of hydrogen-bond donors (Lipinski definition) is 0. The molecule has 8 heteroatoms. The van der Waals surface area contributed by atoms with Gasteiger partial charge in [-0.2, -0.15) is 4.68 Å². The minimum atomic E-state index is -0.160. The lowest BCUT2D eigenvalue weighted by atomic mass is 10.1. The lowest BCUT2D eigenvalue weighted by molar-refractivity contribution is 0.0785. The summed E-state index contributed by atoms with van der Waals surface area (Å²) in [6, 6.07) is 12.4. The first-order valence-corrected chi connectivity index (χ1v) is 7.83. The van der Waals surface area contributed by atoms with Crippen molar-refractivity contribution in [3.8, 4) is 5.69 Å². The summed E-state index contributed by atoms with van der Waals surface area (Å²) >= 11 is 12.1. The lowest BCUT2D eigenvalue weighted by Gasteiger charge is -2.19. The number of carbonyl (C=O) groups excluding carboxylic acids is 1. The maximum atomic E-state index is 12.8. The van der Waals surface area contributed by atoms with Crippen LogP contribution in [0.1, 0.15) is 15.9 Å². The molecular formula is C16H13Cl2N5O. The van der Waals surface area contributed by atoms with E-state index in [4.69, 9.17) is 23.2 Å². The van der Waals surface area contributed by atoms with E-state index >= 15 is 0 Å². The number of benzene rings is 2. The molecule has 1 amide bonds. The molecule has 0 aliphatic rings. The Kier molecular flexibility index (Phi) is 4.78. The highest BCUT2D eigenvalue weighted by molar-refractivity contribution is 6.35. The molecule has 3 aromatic rings. The molecule has 0 spiro atoms. The summed E-state index contributed by atoms with van der Waals surface area (Å²) in [6.07, 6.45) is 1.45. The van der Waals surface area contributed by atoms with Crippen LogP contribution in [-0.2, 0) is 6.54 Å². The van der Waals surface area contributed by atoms with Crippen LogP contribution in [0.4, 0.5) is 0 Å². The minimum Gasteiger partial charge on any atom is -0.337 e. The minimum absolute atomic E-state index is 0.160. The van der Waals surface area contributed by atoms with Crippen LogP contribution in [0.15, 0.2) is 48.8 Å². The Hall–Kier alpha value is -2.44. The van der Waals surface area contributed by atoms with Gasteiger partial charge in [-0.05, 0) is 40.3 Å². The van der Waals surface area contributed by atoms with Gasteiger partial charge in [-0.15, -0.1) is 5.10 Å². The van der Waals surface area contributed by atoms with E-state index in [1.807, 2.05) is 12.1 Å². The molecule has 24 heavy (non-hydrogen) atoms. The van der Waals surface area contributed by atoms with Crippen molar-refractivity contribution >= 4 is 29.1 Å². The molecule has 0 fully saturated rings. The summed E-state index contributed by atoms with van der Waals surface area (Å²) in [4.78, 5) is 14.4. The predicted octanol–water partition coefficient (Wildman–Crippen LogP) is 3.24. The number of aromatic nitrogens is 4. The molecule has 3 rings (SSSR count). The van der Waals surface area contributed by atoms with Crippen molar-refractivity contribution < 1.29 is 4.79 Å². The second-order valence-electron chi connectivity index (χ2n) is 5.17. The maximum absolute atomic E-state index is 12.8. The zero-order valence-electron chi connectivity index (χ0n) is 12.7. The van der Waals surface area contributed by atoms with Crippen molar-refractivity contribution in [2.24, 2.45) is 0 Å². The van der Waals surface area contributed by atoms with E-state index in [-0.39, 0.29) is 5.91 Å². The van der Waals surface area contributed by atoms with E-state index < -0.39 is 0 Å². The SMILES string of the molecule is CN(Cc1ccc(Cl)cc1Cl)C(=O)c1ccccc1-n1cnnn1. The number of para-hydroxylation sites is 1. The normalized spacial score (nSPS) is 10.6. The molecule has 6 nitrogen and oxygen atoms in total. The van der Waals surface area contributed by atoms with Crippen LogP contribution in [0.2, 0.25) is 10.0 Å². The summed E-state index contributed by atoms with van der Waals surface area (Å²) in [5.74, 6) is -0.160. The molecule has 2 aromatic carbocycles. The molecule has 0 N–H and O–H groups in total. The Morgan fingerprint density at radius 1 is 1.21 bits per heavy atom.